The molecule has 2 unspecified atom stereocenters. The van der Waals surface area contributed by atoms with E-state index in [-0.39, 0.29) is 6.42 Å². The third kappa shape index (κ3) is 4.97. The number of halogens is 2. The van der Waals surface area contributed by atoms with Gasteiger partial charge in [-0.3, -0.25) is 4.79 Å². The molecule has 2 aromatic carbocycles. The number of aliphatic hydroxyl groups excluding tert-OH is 1. The minimum absolute atomic E-state index is 0.152. The fraction of sp³-hybridized carbons (Fsp3) is 0.176. The minimum atomic E-state index is -0.967. The standard InChI is InChI=1S/C17H14Cl2N2O2/c18-13-6-4-11(5-7-13)16(22)9-17(23)21-15(10-20)12-2-1-3-14(19)8-12/h1-8,15-16,22H,9H2,(H,21,23). The number of amides is 1. The second kappa shape index (κ2) is 7.98. The maximum absolute atomic E-state index is 12.0. The molecule has 0 spiro atoms. The molecule has 2 N–H and O–H groups in total. The second-order valence-electron chi connectivity index (χ2n) is 4.96. The predicted molar refractivity (Wildman–Crippen MR) is 89.0 cm³/mol. The monoisotopic (exact) mass is 348 g/mol. The summed E-state index contributed by atoms with van der Waals surface area (Å²) in [6.45, 7) is 0. The van der Waals surface area contributed by atoms with Crippen LogP contribution in [0.5, 0.6) is 0 Å². The number of nitrogens with one attached hydrogen (secondary N) is 1. The van der Waals surface area contributed by atoms with Crippen LogP contribution in [0, 0.1) is 11.3 Å². The molecule has 0 aliphatic carbocycles. The van der Waals surface area contributed by atoms with E-state index in [0.29, 0.717) is 21.2 Å². The number of rotatable bonds is 5. The van der Waals surface area contributed by atoms with Gasteiger partial charge in [-0.1, -0.05) is 47.5 Å². The van der Waals surface area contributed by atoms with Crippen molar-refractivity contribution < 1.29 is 9.90 Å². The van der Waals surface area contributed by atoms with E-state index in [4.69, 9.17) is 23.2 Å². The smallest absolute Gasteiger partial charge is 0.224 e. The topological polar surface area (TPSA) is 73.1 Å². The highest BCUT2D eigenvalue weighted by atomic mass is 35.5. The Morgan fingerprint density at radius 3 is 2.43 bits per heavy atom. The third-order valence-corrected chi connectivity index (χ3v) is 3.74. The average Bonchev–Trinajstić information content (AvgIpc) is 2.53. The van der Waals surface area contributed by atoms with Crippen LogP contribution in [0.3, 0.4) is 0 Å². The number of nitriles is 1. The summed E-state index contributed by atoms with van der Waals surface area (Å²) in [6.07, 6.45) is -1.12. The van der Waals surface area contributed by atoms with Gasteiger partial charge in [-0.2, -0.15) is 5.26 Å². The first kappa shape index (κ1) is 17.3. The van der Waals surface area contributed by atoms with Gasteiger partial charge in [0.2, 0.25) is 5.91 Å². The fourth-order valence-electron chi connectivity index (χ4n) is 2.07. The summed E-state index contributed by atoms with van der Waals surface area (Å²) < 4.78 is 0. The van der Waals surface area contributed by atoms with E-state index in [0.717, 1.165) is 0 Å². The lowest BCUT2D eigenvalue weighted by Gasteiger charge is -2.15. The van der Waals surface area contributed by atoms with Gasteiger partial charge in [-0.05, 0) is 35.4 Å². The van der Waals surface area contributed by atoms with Crippen LogP contribution in [0.1, 0.15) is 29.7 Å². The van der Waals surface area contributed by atoms with Crippen molar-refractivity contribution in [3.63, 3.8) is 0 Å². The third-order valence-electron chi connectivity index (χ3n) is 3.25. The van der Waals surface area contributed by atoms with Crippen molar-refractivity contribution in [2.75, 3.05) is 0 Å². The Labute approximate surface area is 144 Å². The highest BCUT2D eigenvalue weighted by Gasteiger charge is 2.18. The zero-order chi connectivity index (χ0) is 16.8. The van der Waals surface area contributed by atoms with Gasteiger partial charge in [0, 0.05) is 10.0 Å². The number of nitrogens with zero attached hydrogens (tertiary/aromatic N) is 1. The van der Waals surface area contributed by atoms with Gasteiger partial charge in [0.1, 0.15) is 6.04 Å². The first-order valence-corrected chi connectivity index (χ1v) is 7.63. The molecule has 1 amide bonds. The largest absolute Gasteiger partial charge is 0.388 e. The molecule has 23 heavy (non-hydrogen) atoms. The summed E-state index contributed by atoms with van der Waals surface area (Å²) >= 11 is 11.7. The summed E-state index contributed by atoms with van der Waals surface area (Å²) in [5, 5.41) is 22.9. The van der Waals surface area contributed by atoms with Crippen LogP contribution in [-0.2, 0) is 4.79 Å². The Morgan fingerprint density at radius 1 is 1.13 bits per heavy atom. The molecule has 0 radical (unpaired) electrons. The highest BCUT2D eigenvalue weighted by molar-refractivity contribution is 6.30. The molecule has 0 heterocycles. The molecule has 2 atom stereocenters. The Hall–Kier alpha value is -2.06. The summed E-state index contributed by atoms with van der Waals surface area (Å²) in [5.74, 6) is -0.432. The molecule has 2 rings (SSSR count). The lowest BCUT2D eigenvalue weighted by Crippen LogP contribution is -2.28. The molecule has 0 aliphatic heterocycles. The van der Waals surface area contributed by atoms with Crippen molar-refractivity contribution >= 4 is 29.1 Å². The van der Waals surface area contributed by atoms with Gasteiger partial charge in [0.05, 0.1) is 18.6 Å². The van der Waals surface area contributed by atoms with Crippen molar-refractivity contribution in [2.24, 2.45) is 0 Å². The van der Waals surface area contributed by atoms with E-state index >= 15 is 0 Å². The van der Waals surface area contributed by atoms with E-state index in [1.54, 1.807) is 48.5 Å². The van der Waals surface area contributed by atoms with E-state index < -0.39 is 18.1 Å². The highest BCUT2D eigenvalue weighted by Crippen LogP contribution is 2.21. The number of carbonyl (C=O) groups is 1. The maximum atomic E-state index is 12.0. The van der Waals surface area contributed by atoms with Crippen molar-refractivity contribution in [1.29, 1.82) is 5.26 Å². The summed E-state index contributed by atoms with van der Waals surface area (Å²) in [4.78, 5) is 12.0. The van der Waals surface area contributed by atoms with Crippen LogP contribution >= 0.6 is 23.2 Å². The minimum Gasteiger partial charge on any atom is -0.388 e. The van der Waals surface area contributed by atoms with Gasteiger partial charge < -0.3 is 10.4 Å². The summed E-state index contributed by atoms with van der Waals surface area (Å²) in [7, 11) is 0. The Bertz CT molecular complexity index is 726. The molecule has 2 aromatic rings. The van der Waals surface area contributed by atoms with Gasteiger partial charge in [-0.25, -0.2) is 0 Å². The average molecular weight is 349 g/mol. The van der Waals surface area contributed by atoms with Crippen LogP contribution in [0.25, 0.3) is 0 Å². The van der Waals surface area contributed by atoms with Crippen molar-refractivity contribution in [1.82, 2.24) is 5.32 Å². The number of hydrogen-bond donors (Lipinski definition) is 2. The number of carbonyl (C=O) groups excluding carboxylic acids is 1. The lowest BCUT2D eigenvalue weighted by atomic mass is 10.0. The van der Waals surface area contributed by atoms with E-state index in [1.165, 1.54) is 0 Å². The van der Waals surface area contributed by atoms with Gasteiger partial charge in [-0.15, -0.1) is 0 Å². The number of benzene rings is 2. The Kier molecular flexibility index (Phi) is 6.00. The molecule has 0 saturated heterocycles. The second-order valence-corrected chi connectivity index (χ2v) is 5.83. The van der Waals surface area contributed by atoms with Crippen LogP contribution in [0.15, 0.2) is 48.5 Å². The maximum Gasteiger partial charge on any atom is 0.224 e. The summed E-state index contributed by atoms with van der Waals surface area (Å²) in [6, 6.07) is 14.5. The van der Waals surface area contributed by atoms with Crippen LogP contribution in [0.4, 0.5) is 0 Å². The van der Waals surface area contributed by atoms with Crippen molar-refractivity contribution in [3.8, 4) is 6.07 Å². The molecule has 118 valence electrons. The first-order chi connectivity index (χ1) is 11.0. The molecule has 0 aromatic heterocycles. The predicted octanol–water partition coefficient (Wildman–Crippen LogP) is 3.80. The zero-order valence-electron chi connectivity index (χ0n) is 12.0. The van der Waals surface area contributed by atoms with Gasteiger partial charge in [0.25, 0.3) is 0 Å². The number of aliphatic hydroxyl groups is 1. The molecule has 0 fully saturated rings. The SMILES string of the molecule is N#CC(NC(=O)CC(O)c1ccc(Cl)cc1)c1cccc(Cl)c1. The molecule has 6 heteroatoms. The first-order valence-electron chi connectivity index (χ1n) is 6.87. The lowest BCUT2D eigenvalue weighted by molar-refractivity contribution is -0.123. The molecular weight excluding hydrogens is 335 g/mol. The normalized spacial score (nSPS) is 13.0. The summed E-state index contributed by atoms with van der Waals surface area (Å²) in [5.41, 5.74) is 1.18. The van der Waals surface area contributed by atoms with E-state index in [2.05, 4.69) is 5.32 Å². The van der Waals surface area contributed by atoms with Crippen LogP contribution in [0.2, 0.25) is 10.0 Å². The molecule has 0 bridgehead atoms. The zero-order valence-corrected chi connectivity index (χ0v) is 13.6. The van der Waals surface area contributed by atoms with Gasteiger partial charge >= 0.3 is 0 Å². The van der Waals surface area contributed by atoms with E-state index in [1.807, 2.05) is 6.07 Å². The van der Waals surface area contributed by atoms with E-state index in [9.17, 15) is 15.2 Å². The molecule has 4 nitrogen and oxygen atoms in total. The Morgan fingerprint density at radius 2 is 1.83 bits per heavy atom. The van der Waals surface area contributed by atoms with Crippen molar-refractivity contribution in [3.05, 3.63) is 69.7 Å². The quantitative estimate of drug-likeness (QED) is 0.862. The molecule has 0 saturated carbocycles. The van der Waals surface area contributed by atoms with Crippen molar-refractivity contribution in [2.45, 2.75) is 18.6 Å². The Balaban J connectivity index is 2.00. The fourth-order valence-corrected chi connectivity index (χ4v) is 2.40. The molecular formula is C17H14Cl2N2O2. The van der Waals surface area contributed by atoms with Crippen LogP contribution in [-0.4, -0.2) is 11.0 Å². The number of hydrogen-bond acceptors (Lipinski definition) is 3. The van der Waals surface area contributed by atoms with Gasteiger partial charge in [0.15, 0.2) is 0 Å². The molecule has 0 aliphatic rings. The van der Waals surface area contributed by atoms with Crippen LogP contribution < -0.4 is 5.32 Å².